The molecule has 1 saturated heterocycles. The summed E-state index contributed by atoms with van der Waals surface area (Å²) in [7, 11) is 0. The van der Waals surface area contributed by atoms with E-state index in [0.717, 1.165) is 37.2 Å². The van der Waals surface area contributed by atoms with E-state index < -0.39 is 5.54 Å². The lowest BCUT2D eigenvalue weighted by Gasteiger charge is -2.31. The Balaban J connectivity index is 1.69. The summed E-state index contributed by atoms with van der Waals surface area (Å²) in [5.74, 6) is 2.02. The van der Waals surface area contributed by atoms with Gasteiger partial charge in [0.25, 0.3) is 0 Å². The number of hydrogen-bond acceptors (Lipinski definition) is 3. The molecule has 0 spiro atoms. The summed E-state index contributed by atoms with van der Waals surface area (Å²) in [6, 6.07) is 10.3. The molecule has 1 aromatic rings. The molecule has 0 bridgehead atoms. The fourth-order valence-electron chi connectivity index (χ4n) is 2.28. The van der Waals surface area contributed by atoms with Crippen molar-refractivity contribution in [2.75, 3.05) is 18.1 Å². The molecule has 1 aromatic carbocycles. The zero-order chi connectivity index (χ0) is 13.6. The predicted molar refractivity (Wildman–Crippen MR) is 81.3 cm³/mol. The quantitative estimate of drug-likeness (QED) is 0.810. The minimum Gasteiger partial charge on any atom is -0.354 e. The molecule has 3 nitrogen and oxygen atoms in total. The summed E-state index contributed by atoms with van der Waals surface area (Å²) in [5.41, 5.74) is 6.86. The maximum Gasteiger partial charge on any atom is 0.240 e. The Morgan fingerprint density at radius 1 is 1.26 bits per heavy atom. The first-order valence-electron chi connectivity index (χ1n) is 6.90. The lowest BCUT2D eigenvalue weighted by molar-refractivity contribution is -0.126. The molecule has 1 aliphatic heterocycles. The average molecular weight is 278 g/mol. The number of thioether (sulfide) groups is 1. The van der Waals surface area contributed by atoms with Gasteiger partial charge in [-0.3, -0.25) is 4.79 Å². The van der Waals surface area contributed by atoms with Crippen LogP contribution in [-0.2, 0) is 11.2 Å². The highest BCUT2D eigenvalue weighted by molar-refractivity contribution is 7.99. The van der Waals surface area contributed by atoms with Crippen LogP contribution in [0.5, 0.6) is 0 Å². The highest BCUT2D eigenvalue weighted by atomic mass is 32.2. The molecular weight excluding hydrogens is 256 g/mol. The first-order valence-corrected chi connectivity index (χ1v) is 8.05. The highest BCUT2D eigenvalue weighted by Gasteiger charge is 2.35. The van der Waals surface area contributed by atoms with Gasteiger partial charge in [-0.1, -0.05) is 30.3 Å². The van der Waals surface area contributed by atoms with Gasteiger partial charge in [0, 0.05) is 6.54 Å². The Kier molecular flexibility index (Phi) is 5.28. The van der Waals surface area contributed by atoms with Crippen LogP contribution in [0.25, 0.3) is 0 Å². The van der Waals surface area contributed by atoms with Crippen LogP contribution in [0.3, 0.4) is 0 Å². The number of aryl methyl sites for hydroxylation is 1. The highest BCUT2D eigenvalue weighted by Crippen LogP contribution is 2.24. The Labute approximate surface area is 119 Å². The molecule has 3 N–H and O–H groups in total. The van der Waals surface area contributed by atoms with Crippen LogP contribution in [0.1, 0.15) is 24.8 Å². The van der Waals surface area contributed by atoms with Gasteiger partial charge >= 0.3 is 0 Å². The molecule has 1 heterocycles. The van der Waals surface area contributed by atoms with Crippen molar-refractivity contribution >= 4 is 17.7 Å². The van der Waals surface area contributed by atoms with Crippen LogP contribution in [0.15, 0.2) is 30.3 Å². The maximum absolute atomic E-state index is 12.1. The van der Waals surface area contributed by atoms with Crippen LogP contribution < -0.4 is 11.1 Å². The summed E-state index contributed by atoms with van der Waals surface area (Å²) in [6.07, 6.45) is 3.54. The van der Waals surface area contributed by atoms with E-state index in [0.29, 0.717) is 6.54 Å². The molecule has 2 rings (SSSR count). The Morgan fingerprint density at radius 3 is 2.63 bits per heavy atom. The second kappa shape index (κ2) is 6.96. The van der Waals surface area contributed by atoms with Crippen LogP contribution >= 0.6 is 11.8 Å². The van der Waals surface area contributed by atoms with Crippen molar-refractivity contribution in [3.8, 4) is 0 Å². The van der Waals surface area contributed by atoms with Gasteiger partial charge in [-0.05, 0) is 42.8 Å². The fraction of sp³-hybridized carbons (Fsp3) is 0.533. The zero-order valence-electron chi connectivity index (χ0n) is 11.2. The zero-order valence-corrected chi connectivity index (χ0v) is 12.0. The van der Waals surface area contributed by atoms with Gasteiger partial charge in [0.15, 0.2) is 0 Å². The molecule has 0 atom stereocenters. The van der Waals surface area contributed by atoms with Crippen molar-refractivity contribution in [2.45, 2.75) is 31.2 Å². The van der Waals surface area contributed by atoms with E-state index in [9.17, 15) is 4.79 Å². The number of benzene rings is 1. The molecule has 0 saturated carbocycles. The van der Waals surface area contributed by atoms with Crippen LogP contribution in [0.4, 0.5) is 0 Å². The van der Waals surface area contributed by atoms with Gasteiger partial charge in [0.2, 0.25) is 5.91 Å². The third kappa shape index (κ3) is 4.25. The summed E-state index contributed by atoms with van der Waals surface area (Å²) >= 11 is 1.88. The SMILES string of the molecule is NC1(C(=O)NCCCc2ccccc2)CCSCC1. The smallest absolute Gasteiger partial charge is 0.240 e. The van der Waals surface area contributed by atoms with Gasteiger partial charge in [0.1, 0.15) is 0 Å². The van der Waals surface area contributed by atoms with E-state index in [1.807, 2.05) is 30.0 Å². The van der Waals surface area contributed by atoms with Crippen molar-refractivity contribution in [1.29, 1.82) is 0 Å². The summed E-state index contributed by atoms with van der Waals surface area (Å²) in [6.45, 7) is 0.708. The van der Waals surface area contributed by atoms with Crippen molar-refractivity contribution in [3.63, 3.8) is 0 Å². The molecule has 1 amide bonds. The normalized spacial score (nSPS) is 17.9. The van der Waals surface area contributed by atoms with Gasteiger partial charge in [-0.2, -0.15) is 11.8 Å². The van der Waals surface area contributed by atoms with E-state index in [1.165, 1.54) is 5.56 Å². The van der Waals surface area contributed by atoms with E-state index in [1.54, 1.807) is 0 Å². The number of carbonyl (C=O) groups excluding carboxylic acids is 1. The molecule has 19 heavy (non-hydrogen) atoms. The molecule has 1 fully saturated rings. The second-order valence-electron chi connectivity index (χ2n) is 5.11. The first-order chi connectivity index (χ1) is 9.21. The molecule has 0 aromatic heterocycles. The molecule has 104 valence electrons. The van der Waals surface area contributed by atoms with Gasteiger partial charge in [0.05, 0.1) is 5.54 Å². The summed E-state index contributed by atoms with van der Waals surface area (Å²) in [4.78, 5) is 12.1. The molecule has 0 radical (unpaired) electrons. The topological polar surface area (TPSA) is 55.1 Å². The molecule has 0 unspecified atom stereocenters. The number of nitrogens with two attached hydrogens (primary N) is 1. The lowest BCUT2D eigenvalue weighted by atomic mass is 9.92. The number of amides is 1. The maximum atomic E-state index is 12.1. The third-order valence-electron chi connectivity index (χ3n) is 3.61. The van der Waals surface area contributed by atoms with Crippen LogP contribution in [-0.4, -0.2) is 29.5 Å². The first kappa shape index (κ1) is 14.4. The van der Waals surface area contributed by atoms with E-state index in [-0.39, 0.29) is 5.91 Å². The summed E-state index contributed by atoms with van der Waals surface area (Å²) in [5, 5.41) is 2.99. The fourth-order valence-corrected chi connectivity index (χ4v) is 3.50. The van der Waals surface area contributed by atoms with Crippen molar-refractivity contribution < 1.29 is 4.79 Å². The molecule has 1 aliphatic rings. The van der Waals surface area contributed by atoms with Crippen LogP contribution in [0, 0.1) is 0 Å². The summed E-state index contributed by atoms with van der Waals surface area (Å²) < 4.78 is 0. The van der Waals surface area contributed by atoms with Gasteiger partial charge in [-0.25, -0.2) is 0 Å². The second-order valence-corrected chi connectivity index (χ2v) is 6.34. The number of rotatable bonds is 5. The molecule has 4 heteroatoms. The van der Waals surface area contributed by atoms with E-state index in [2.05, 4.69) is 17.4 Å². The molecule has 0 aliphatic carbocycles. The monoisotopic (exact) mass is 278 g/mol. The van der Waals surface area contributed by atoms with E-state index in [4.69, 9.17) is 5.73 Å². The van der Waals surface area contributed by atoms with Crippen molar-refractivity contribution in [2.24, 2.45) is 5.73 Å². The van der Waals surface area contributed by atoms with Gasteiger partial charge < -0.3 is 11.1 Å². The Bertz CT molecular complexity index is 402. The standard InChI is InChI=1S/C15H22N2OS/c16-15(8-11-19-12-9-15)14(18)17-10-4-7-13-5-2-1-3-6-13/h1-3,5-6H,4,7-12,16H2,(H,17,18). The minimum absolute atomic E-state index is 0.0286. The molecular formula is C15H22N2OS. The number of carbonyl (C=O) groups is 1. The van der Waals surface area contributed by atoms with E-state index >= 15 is 0 Å². The predicted octanol–water partition coefficient (Wildman–Crippen LogP) is 1.96. The Morgan fingerprint density at radius 2 is 1.95 bits per heavy atom. The van der Waals surface area contributed by atoms with Crippen LogP contribution in [0.2, 0.25) is 0 Å². The largest absolute Gasteiger partial charge is 0.354 e. The van der Waals surface area contributed by atoms with Crippen molar-refractivity contribution in [3.05, 3.63) is 35.9 Å². The third-order valence-corrected chi connectivity index (χ3v) is 4.59. The number of nitrogens with one attached hydrogen (secondary N) is 1. The van der Waals surface area contributed by atoms with Crippen molar-refractivity contribution in [1.82, 2.24) is 5.32 Å². The van der Waals surface area contributed by atoms with Gasteiger partial charge in [-0.15, -0.1) is 0 Å². The average Bonchev–Trinajstić information content (AvgIpc) is 2.45. The lowest BCUT2D eigenvalue weighted by Crippen LogP contribution is -2.56. The minimum atomic E-state index is -0.627. The Hall–Kier alpha value is -1.00. The number of hydrogen-bond donors (Lipinski definition) is 2.